The zero-order valence-electron chi connectivity index (χ0n) is 12.3. The van der Waals surface area contributed by atoms with Gasteiger partial charge in [-0.2, -0.15) is 0 Å². The zero-order valence-corrected chi connectivity index (χ0v) is 12.3. The van der Waals surface area contributed by atoms with E-state index in [1.54, 1.807) is 6.20 Å². The molecule has 7 nitrogen and oxygen atoms in total. The molecule has 0 aromatic carbocycles. The van der Waals surface area contributed by atoms with Crippen LogP contribution < -0.4 is 5.32 Å². The summed E-state index contributed by atoms with van der Waals surface area (Å²) in [6.45, 7) is 6.07. The summed E-state index contributed by atoms with van der Waals surface area (Å²) in [7, 11) is 0. The van der Waals surface area contributed by atoms with Gasteiger partial charge in [0.1, 0.15) is 11.6 Å². The average molecular weight is 290 g/mol. The Labute approximate surface area is 122 Å². The first-order valence-electron chi connectivity index (χ1n) is 6.79. The number of aromatic nitrogens is 3. The van der Waals surface area contributed by atoms with Gasteiger partial charge in [-0.25, -0.2) is 19.7 Å². The molecule has 0 radical (unpaired) electrons. The fourth-order valence-corrected chi connectivity index (χ4v) is 1.73. The lowest BCUT2D eigenvalue weighted by atomic mass is 10.2. The molecule has 2 aromatic rings. The molecule has 21 heavy (non-hydrogen) atoms. The molecule has 0 saturated carbocycles. The van der Waals surface area contributed by atoms with Crippen molar-refractivity contribution >= 4 is 11.7 Å². The molecule has 2 N–H and O–H groups in total. The summed E-state index contributed by atoms with van der Waals surface area (Å²) in [4.78, 5) is 23.6. The normalized spacial score (nSPS) is 10.9. The van der Waals surface area contributed by atoms with E-state index >= 15 is 0 Å². The number of nitrogens with zero attached hydrogens (tertiary/aromatic N) is 3. The number of aromatic carboxylic acids is 1. The minimum absolute atomic E-state index is 0.0454. The highest BCUT2D eigenvalue weighted by molar-refractivity contribution is 5.91. The maximum absolute atomic E-state index is 11.3. The van der Waals surface area contributed by atoms with Crippen molar-refractivity contribution in [3.63, 3.8) is 0 Å². The lowest BCUT2D eigenvalue weighted by Crippen LogP contribution is -2.12. The van der Waals surface area contributed by atoms with Crippen LogP contribution in [0.15, 0.2) is 16.8 Å². The van der Waals surface area contributed by atoms with Gasteiger partial charge in [0.2, 0.25) is 5.89 Å². The lowest BCUT2D eigenvalue weighted by Gasteiger charge is -2.10. The highest BCUT2D eigenvalue weighted by atomic mass is 16.4. The first-order valence-corrected chi connectivity index (χ1v) is 6.79. The summed E-state index contributed by atoms with van der Waals surface area (Å²) in [6.07, 6.45) is 3.91. The van der Waals surface area contributed by atoms with E-state index in [0.29, 0.717) is 17.4 Å². The van der Waals surface area contributed by atoms with Crippen LogP contribution in [0.25, 0.3) is 0 Å². The second-order valence-electron chi connectivity index (χ2n) is 4.88. The van der Waals surface area contributed by atoms with E-state index in [2.05, 4.69) is 20.3 Å². The van der Waals surface area contributed by atoms with Gasteiger partial charge in [0.15, 0.2) is 5.69 Å². The third-order valence-corrected chi connectivity index (χ3v) is 2.91. The minimum atomic E-state index is -1.09. The Kier molecular flexibility index (Phi) is 4.52. The monoisotopic (exact) mass is 290 g/mol. The molecule has 2 rings (SSSR count). The number of rotatable bonds is 6. The number of hydrogen-bond acceptors (Lipinski definition) is 6. The third-order valence-electron chi connectivity index (χ3n) is 2.91. The van der Waals surface area contributed by atoms with Gasteiger partial charge >= 0.3 is 5.97 Å². The number of carbonyl (C=O) groups is 1. The van der Waals surface area contributed by atoms with Gasteiger partial charge in [-0.05, 0) is 0 Å². The van der Waals surface area contributed by atoms with Gasteiger partial charge in [-0.15, -0.1) is 0 Å². The summed E-state index contributed by atoms with van der Waals surface area (Å²) in [5, 5.41) is 12.2. The van der Waals surface area contributed by atoms with Crippen LogP contribution in [0.2, 0.25) is 0 Å². The van der Waals surface area contributed by atoms with Gasteiger partial charge in [0, 0.05) is 12.3 Å². The third kappa shape index (κ3) is 3.56. The number of oxazole rings is 1. The Balaban J connectivity index is 2.17. The molecular weight excluding hydrogens is 272 g/mol. The molecular formula is C14H18N4O3. The minimum Gasteiger partial charge on any atom is -0.476 e. The summed E-state index contributed by atoms with van der Waals surface area (Å²) in [6, 6.07) is 0. The van der Waals surface area contributed by atoms with Crippen LogP contribution >= 0.6 is 0 Å². The van der Waals surface area contributed by atoms with Crippen molar-refractivity contribution in [3.05, 3.63) is 35.6 Å². The predicted octanol–water partition coefficient (Wildman–Crippen LogP) is 2.46. The molecule has 0 aliphatic heterocycles. The number of nitrogens with one attached hydrogen (secondary N) is 1. The number of carboxylic acids is 1. The summed E-state index contributed by atoms with van der Waals surface area (Å²) in [5.41, 5.74) is 0.305. The van der Waals surface area contributed by atoms with E-state index in [-0.39, 0.29) is 18.2 Å². The molecule has 7 heteroatoms. The topological polar surface area (TPSA) is 101 Å². The number of carboxylic acid groups (broad SMARTS) is 1. The first kappa shape index (κ1) is 15.0. The fraction of sp³-hybridized carbons (Fsp3) is 0.429. The number of aryl methyl sites for hydroxylation is 1. The summed E-state index contributed by atoms with van der Waals surface area (Å²) >= 11 is 0. The maximum Gasteiger partial charge on any atom is 0.356 e. The Bertz CT molecular complexity index is 637. The lowest BCUT2D eigenvalue weighted by molar-refractivity contribution is 0.0691. The predicted molar refractivity (Wildman–Crippen MR) is 76.3 cm³/mol. The Hall–Kier alpha value is -2.44. The SMILES string of the molecule is CCc1cnc(CNc2cnc(C(C)C)nc2C(=O)O)o1. The fourth-order valence-electron chi connectivity index (χ4n) is 1.73. The van der Waals surface area contributed by atoms with Crippen molar-refractivity contribution in [1.29, 1.82) is 0 Å². The average Bonchev–Trinajstić information content (AvgIpc) is 2.92. The quantitative estimate of drug-likeness (QED) is 0.842. The highest BCUT2D eigenvalue weighted by Gasteiger charge is 2.16. The van der Waals surface area contributed by atoms with E-state index in [4.69, 9.17) is 4.42 Å². The molecule has 0 bridgehead atoms. The van der Waals surface area contributed by atoms with E-state index < -0.39 is 5.97 Å². The van der Waals surface area contributed by atoms with Crippen molar-refractivity contribution in [2.45, 2.75) is 39.7 Å². The van der Waals surface area contributed by atoms with Crippen molar-refractivity contribution < 1.29 is 14.3 Å². The van der Waals surface area contributed by atoms with Crippen LogP contribution in [0.3, 0.4) is 0 Å². The first-order chi connectivity index (χ1) is 10.0. The van der Waals surface area contributed by atoms with Crippen LogP contribution in [-0.4, -0.2) is 26.0 Å². The molecule has 0 fully saturated rings. The molecule has 2 aromatic heterocycles. The molecule has 0 aliphatic rings. The molecule has 0 aliphatic carbocycles. The van der Waals surface area contributed by atoms with Gasteiger partial charge in [0.25, 0.3) is 0 Å². The van der Waals surface area contributed by atoms with E-state index in [9.17, 15) is 9.90 Å². The van der Waals surface area contributed by atoms with Crippen LogP contribution in [0.5, 0.6) is 0 Å². The summed E-state index contributed by atoms with van der Waals surface area (Å²) < 4.78 is 5.45. The number of anilines is 1. The number of hydrogen-bond donors (Lipinski definition) is 2. The highest BCUT2D eigenvalue weighted by Crippen LogP contribution is 2.17. The van der Waals surface area contributed by atoms with Crippen LogP contribution in [0.1, 0.15) is 54.7 Å². The molecule has 112 valence electrons. The van der Waals surface area contributed by atoms with Crippen molar-refractivity contribution in [2.24, 2.45) is 0 Å². The Morgan fingerprint density at radius 2 is 2.14 bits per heavy atom. The van der Waals surface area contributed by atoms with Crippen molar-refractivity contribution in [2.75, 3.05) is 5.32 Å². The molecule has 0 atom stereocenters. The van der Waals surface area contributed by atoms with Gasteiger partial charge in [-0.1, -0.05) is 20.8 Å². The molecule has 0 amide bonds. The molecule has 0 spiro atoms. The smallest absolute Gasteiger partial charge is 0.356 e. The Morgan fingerprint density at radius 3 is 2.71 bits per heavy atom. The van der Waals surface area contributed by atoms with Gasteiger partial charge in [0.05, 0.1) is 24.6 Å². The van der Waals surface area contributed by atoms with Crippen molar-refractivity contribution in [1.82, 2.24) is 15.0 Å². The molecule has 0 unspecified atom stereocenters. The van der Waals surface area contributed by atoms with Gasteiger partial charge < -0.3 is 14.8 Å². The van der Waals surface area contributed by atoms with Gasteiger partial charge in [-0.3, -0.25) is 0 Å². The van der Waals surface area contributed by atoms with Crippen LogP contribution in [0, 0.1) is 0 Å². The maximum atomic E-state index is 11.3. The van der Waals surface area contributed by atoms with Crippen LogP contribution in [0.4, 0.5) is 5.69 Å². The van der Waals surface area contributed by atoms with Crippen molar-refractivity contribution in [3.8, 4) is 0 Å². The molecule has 0 saturated heterocycles. The van der Waals surface area contributed by atoms with E-state index in [0.717, 1.165) is 12.2 Å². The Morgan fingerprint density at radius 1 is 1.38 bits per heavy atom. The standard InChI is InChI=1S/C14H18N4O3/c1-4-9-5-16-11(21-9)7-15-10-6-17-13(8(2)3)18-12(10)14(19)20/h5-6,8,15H,4,7H2,1-3H3,(H,19,20). The van der Waals surface area contributed by atoms with E-state index in [1.165, 1.54) is 6.20 Å². The summed E-state index contributed by atoms with van der Waals surface area (Å²) in [5.74, 6) is 0.759. The van der Waals surface area contributed by atoms with Crippen LogP contribution in [-0.2, 0) is 13.0 Å². The molecule has 2 heterocycles. The second-order valence-corrected chi connectivity index (χ2v) is 4.88. The zero-order chi connectivity index (χ0) is 15.4. The van der Waals surface area contributed by atoms with E-state index in [1.807, 2.05) is 20.8 Å². The second kappa shape index (κ2) is 6.34. The largest absolute Gasteiger partial charge is 0.476 e.